The lowest BCUT2D eigenvalue weighted by molar-refractivity contribution is 0.0497. The summed E-state index contributed by atoms with van der Waals surface area (Å²) in [4.78, 5) is 23.5. The van der Waals surface area contributed by atoms with Gasteiger partial charge in [0.05, 0.1) is 24.8 Å². The number of carbonyl (C=O) groups is 2. The summed E-state index contributed by atoms with van der Waals surface area (Å²) in [6.07, 6.45) is 12.5. The molecule has 25 heavy (non-hydrogen) atoms. The molecule has 0 aliphatic rings. The molecular weight excluding hydrogens is 316 g/mol. The minimum atomic E-state index is -0.454. The van der Waals surface area contributed by atoms with Crippen molar-refractivity contribution in [3.63, 3.8) is 0 Å². The van der Waals surface area contributed by atoms with E-state index in [4.69, 9.17) is 4.74 Å². The van der Waals surface area contributed by atoms with E-state index in [1.54, 1.807) is 18.2 Å². The molecule has 0 aliphatic carbocycles. The molecule has 4 nitrogen and oxygen atoms in total. The lowest BCUT2D eigenvalue weighted by atomic mass is 10.1. The molecule has 0 saturated heterocycles. The zero-order chi connectivity index (χ0) is 18.3. The second-order valence-electron chi connectivity index (χ2n) is 6.39. The Labute approximate surface area is 151 Å². The number of esters is 2. The van der Waals surface area contributed by atoms with E-state index < -0.39 is 5.97 Å². The minimum absolute atomic E-state index is 0.357. The Kier molecular flexibility index (Phi) is 11.4. The molecular formula is C21H32O4. The highest BCUT2D eigenvalue weighted by Crippen LogP contribution is 2.11. The molecule has 0 radical (unpaired) electrons. The van der Waals surface area contributed by atoms with E-state index in [9.17, 15) is 9.59 Å². The zero-order valence-corrected chi connectivity index (χ0v) is 15.7. The first-order valence-corrected chi connectivity index (χ1v) is 9.54. The summed E-state index contributed by atoms with van der Waals surface area (Å²) in [5.74, 6) is -0.842. The normalized spacial score (nSPS) is 10.5. The summed E-state index contributed by atoms with van der Waals surface area (Å²) >= 11 is 0. The van der Waals surface area contributed by atoms with Crippen molar-refractivity contribution in [1.82, 2.24) is 0 Å². The van der Waals surface area contributed by atoms with Gasteiger partial charge in [-0.25, -0.2) is 9.59 Å². The average molecular weight is 348 g/mol. The predicted octanol–water partition coefficient (Wildman–Crippen LogP) is 5.55. The van der Waals surface area contributed by atoms with E-state index in [2.05, 4.69) is 11.7 Å². The summed E-state index contributed by atoms with van der Waals surface area (Å²) in [6.45, 7) is 2.67. The van der Waals surface area contributed by atoms with Crippen molar-refractivity contribution < 1.29 is 19.1 Å². The molecule has 4 heteroatoms. The van der Waals surface area contributed by atoms with Crippen molar-refractivity contribution in [1.29, 1.82) is 0 Å². The Morgan fingerprint density at radius 2 is 1.32 bits per heavy atom. The third-order valence-corrected chi connectivity index (χ3v) is 4.25. The van der Waals surface area contributed by atoms with Gasteiger partial charge >= 0.3 is 11.9 Å². The predicted molar refractivity (Wildman–Crippen MR) is 99.9 cm³/mol. The van der Waals surface area contributed by atoms with Gasteiger partial charge in [-0.2, -0.15) is 0 Å². The molecule has 0 amide bonds. The molecule has 0 spiro atoms. The van der Waals surface area contributed by atoms with E-state index in [-0.39, 0.29) is 5.97 Å². The molecule has 0 aliphatic heterocycles. The number of benzene rings is 1. The largest absolute Gasteiger partial charge is 0.465 e. The van der Waals surface area contributed by atoms with Crippen LogP contribution in [0.1, 0.15) is 91.8 Å². The van der Waals surface area contributed by atoms with Crippen LogP contribution in [0.3, 0.4) is 0 Å². The van der Waals surface area contributed by atoms with Crippen LogP contribution in [0, 0.1) is 0 Å². The molecule has 0 unspecified atom stereocenters. The van der Waals surface area contributed by atoms with E-state index >= 15 is 0 Å². The molecule has 0 fully saturated rings. The van der Waals surface area contributed by atoms with E-state index in [0.717, 1.165) is 12.8 Å². The quantitative estimate of drug-likeness (QED) is 0.346. The van der Waals surface area contributed by atoms with Crippen LogP contribution >= 0.6 is 0 Å². The van der Waals surface area contributed by atoms with E-state index in [0.29, 0.717) is 17.7 Å². The molecule has 0 heterocycles. The maximum atomic E-state index is 12.0. The molecule has 0 saturated carbocycles. The van der Waals surface area contributed by atoms with Crippen LogP contribution in [0.25, 0.3) is 0 Å². The van der Waals surface area contributed by atoms with Gasteiger partial charge in [-0.15, -0.1) is 0 Å². The maximum absolute atomic E-state index is 12.0. The fourth-order valence-electron chi connectivity index (χ4n) is 2.73. The molecule has 0 atom stereocenters. The number of carbonyl (C=O) groups excluding carboxylic acids is 2. The fraction of sp³-hybridized carbons (Fsp3) is 0.619. The number of rotatable bonds is 13. The Morgan fingerprint density at radius 3 is 1.88 bits per heavy atom. The van der Waals surface area contributed by atoms with Crippen molar-refractivity contribution in [2.45, 2.75) is 71.1 Å². The molecule has 1 rings (SSSR count). The van der Waals surface area contributed by atoms with Crippen LogP contribution in [-0.2, 0) is 9.47 Å². The summed E-state index contributed by atoms with van der Waals surface area (Å²) in [6, 6.07) is 6.42. The third-order valence-electron chi connectivity index (χ3n) is 4.25. The van der Waals surface area contributed by atoms with Gasteiger partial charge in [-0.3, -0.25) is 0 Å². The monoisotopic (exact) mass is 348 g/mol. The standard InChI is InChI=1S/C21H32O4/c1-3-4-5-6-7-8-9-10-11-12-16-25-21(23)19-15-13-14-18(17-19)20(22)24-2/h13-15,17H,3-12,16H2,1-2H3. The van der Waals surface area contributed by atoms with Crippen LogP contribution in [-0.4, -0.2) is 25.7 Å². The van der Waals surface area contributed by atoms with Crippen LogP contribution in [0.4, 0.5) is 0 Å². The summed E-state index contributed by atoms with van der Waals surface area (Å²) in [5.41, 5.74) is 0.742. The Hall–Kier alpha value is -1.84. The van der Waals surface area contributed by atoms with Gasteiger partial charge in [0, 0.05) is 0 Å². The van der Waals surface area contributed by atoms with Crippen molar-refractivity contribution >= 4 is 11.9 Å². The van der Waals surface area contributed by atoms with Gasteiger partial charge < -0.3 is 9.47 Å². The SMILES string of the molecule is CCCCCCCCCCCCOC(=O)c1cccc(C(=O)OC)c1. The molecule has 0 bridgehead atoms. The minimum Gasteiger partial charge on any atom is -0.465 e. The molecule has 1 aromatic rings. The highest BCUT2D eigenvalue weighted by atomic mass is 16.5. The Balaban J connectivity index is 2.10. The van der Waals surface area contributed by atoms with Crippen LogP contribution in [0.2, 0.25) is 0 Å². The van der Waals surface area contributed by atoms with Gasteiger partial charge in [0.15, 0.2) is 0 Å². The lowest BCUT2D eigenvalue weighted by Gasteiger charge is -2.06. The van der Waals surface area contributed by atoms with Crippen molar-refractivity contribution in [3.8, 4) is 0 Å². The smallest absolute Gasteiger partial charge is 0.338 e. The summed E-state index contributed by atoms with van der Waals surface area (Å²) in [5, 5.41) is 0. The lowest BCUT2D eigenvalue weighted by Crippen LogP contribution is -2.08. The number of hydrogen-bond acceptors (Lipinski definition) is 4. The molecule has 140 valence electrons. The zero-order valence-electron chi connectivity index (χ0n) is 15.7. The second kappa shape index (κ2) is 13.5. The number of methoxy groups -OCH3 is 1. The second-order valence-corrected chi connectivity index (χ2v) is 6.39. The van der Waals surface area contributed by atoms with Crippen molar-refractivity contribution in [2.75, 3.05) is 13.7 Å². The maximum Gasteiger partial charge on any atom is 0.338 e. The van der Waals surface area contributed by atoms with E-state index in [1.165, 1.54) is 64.5 Å². The van der Waals surface area contributed by atoms with Crippen molar-refractivity contribution in [2.24, 2.45) is 0 Å². The van der Waals surface area contributed by atoms with Crippen LogP contribution in [0.15, 0.2) is 24.3 Å². The van der Waals surface area contributed by atoms with Gasteiger partial charge in [0.2, 0.25) is 0 Å². The first-order valence-electron chi connectivity index (χ1n) is 9.54. The van der Waals surface area contributed by atoms with Gasteiger partial charge in [0.1, 0.15) is 0 Å². The highest BCUT2D eigenvalue weighted by Gasteiger charge is 2.11. The van der Waals surface area contributed by atoms with Gasteiger partial charge in [-0.1, -0.05) is 70.8 Å². The fourth-order valence-corrected chi connectivity index (χ4v) is 2.73. The average Bonchev–Trinajstić information content (AvgIpc) is 2.65. The first-order chi connectivity index (χ1) is 12.2. The number of unbranched alkanes of at least 4 members (excludes halogenated alkanes) is 9. The third kappa shape index (κ3) is 9.28. The van der Waals surface area contributed by atoms with Crippen LogP contribution < -0.4 is 0 Å². The number of ether oxygens (including phenoxy) is 2. The van der Waals surface area contributed by atoms with Crippen molar-refractivity contribution in [3.05, 3.63) is 35.4 Å². The Morgan fingerprint density at radius 1 is 0.800 bits per heavy atom. The topological polar surface area (TPSA) is 52.6 Å². The molecule has 0 N–H and O–H groups in total. The van der Waals surface area contributed by atoms with Crippen LogP contribution in [0.5, 0.6) is 0 Å². The molecule has 1 aromatic carbocycles. The number of hydrogen-bond donors (Lipinski definition) is 0. The first kappa shape index (κ1) is 21.2. The summed E-state index contributed by atoms with van der Waals surface area (Å²) in [7, 11) is 1.32. The highest BCUT2D eigenvalue weighted by molar-refractivity contribution is 5.95. The van der Waals surface area contributed by atoms with Gasteiger partial charge in [0.25, 0.3) is 0 Å². The Bertz CT molecular complexity index is 510. The van der Waals surface area contributed by atoms with Gasteiger partial charge in [-0.05, 0) is 24.6 Å². The summed E-state index contributed by atoms with van der Waals surface area (Å²) < 4.78 is 9.93. The van der Waals surface area contributed by atoms with E-state index in [1.807, 2.05) is 0 Å². The molecule has 0 aromatic heterocycles.